The fourth-order valence-corrected chi connectivity index (χ4v) is 12.7. The lowest BCUT2D eigenvalue weighted by Gasteiger charge is -2.40. The molecular weight excluding hydrogens is 549 g/mol. The van der Waals surface area contributed by atoms with Crippen LogP contribution in [0, 0.1) is 0 Å². The largest absolute Gasteiger partial charge is 0.309 e. The Morgan fingerprint density at radius 2 is 1.11 bits per heavy atom. The van der Waals surface area contributed by atoms with Gasteiger partial charge in [-0.15, -0.1) is 0 Å². The first-order chi connectivity index (χ1) is 21.9. The van der Waals surface area contributed by atoms with E-state index < -0.39 is 8.07 Å². The summed E-state index contributed by atoms with van der Waals surface area (Å²) in [5, 5.41) is 6.79. The summed E-state index contributed by atoms with van der Waals surface area (Å²) in [5.74, 6) is 0. The number of fused-ring (bicyclic) bond motifs is 3. The minimum atomic E-state index is -2.76. The molecule has 0 radical (unpaired) electrons. The van der Waals surface area contributed by atoms with E-state index in [4.69, 9.17) is 4.99 Å². The van der Waals surface area contributed by atoms with Gasteiger partial charge in [-0.25, -0.2) is 0 Å². The van der Waals surface area contributed by atoms with Crippen molar-refractivity contribution in [3.05, 3.63) is 182 Å². The molecule has 1 aliphatic heterocycles. The second-order valence-electron chi connectivity index (χ2n) is 11.5. The maximum atomic E-state index is 5.28. The van der Waals surface area contributed by atoms with Crippen LogP contribution in [0.3, 0.4) is 0 Å². The predicted molar refractivity (Wildman–Crippen MR) is 189 cm³/mol. The first-order valence-electron chi connectivity index (χ1n) is 15.3. The van der Waals surface area contributed by atoms with Crippen LogP contribution in [0.15, 0.2) is 181 Å². The first-order valence-corrected chi connectivity index (χ1v) is 17.4. The molecule has 0 spiro atoms. The Balaban J connectivity index is 1.48. The lowest BCUT2D eigenvalue weighted by molar-refractivity contribution is 0.964. The predicted octanol–water partition coefficient (Wildman–Crippen LogP) is 7.68. The summed E-state index contributed by atoms with van der Waals surface area (Å²) >= 11 is 0. The fraction of sp³-hybridized carbons (Fsp3) is 0.0488. The molecular formula is C41H32N2Si. The van der Waals surface area contributed by atoms with Crippen LogP contribution < -0.4 is 15.6 Å². The molecule has 8 rings (SSSR count). The highest BCUT2D eigenvalue weighted by atomic mass is 28.3. The second-order valence-corrected chi connectivity index (χ2v) is 15.5. The van der Waals surface area contributed by atoms with Crippen molar-refractivity contribution in [2.75, 3.05) is 6.54 Å². The van der Waals surface area contributed by atoms with Crippen LogP contribution in [0.25, 0.3) is 27.5 Å². The third-order valence-electron chi connectivity index (χ3n) is 9.16. The van der Waals surface area contributed by atoms with Crippen LogP contribution in [-0.4, -0.2) is 24.9 Å². The molecule has 0 saturated carbocycles. The van der Waals surface area contributed by atoms with Gasteiger partial charge in [0.05, 0.1) is 16.7 Å². The zero-order valence-electron chi connectivity index (χ0n) is 24.4. The highest BCUT2D eigenvalue weighted by molar-refractivity contribution is 7.13. The number of benzene rings is 6. The van der Waals surface area contributed by atoms with E-state index in [2.05, 4.69) is 181 Å². The Hall–Kier alpha value is -5.25. The van der Waals surface area contributed by atoms with Gasteiger partial charge in [-0.05, 0) is 45.4 Å². The van der Waals surface area contributed by atoms with Gasteiger partial charge in [-0.1, -0.05) is 152 Å². The molecule has 0 aliphatic carbocycles. The Kier molecular flexibility index (Phi) is 6.66. The van der Waals surface area contributed by atoms with Crippen molar-refractivity contribution in [3.63, 3.8) is 0 Å². The molecule has 1 aliphatic rings. The van der Waals surface area contributed by atoms with E-state index in [0.717, 1.165) is 12.3 Å². The topological polar surface area (TPSA) is 17.3 Å². The molecule has 1 aromatic heterocycles. The third kappa shape index (κ3) is 4.20. The lowest BCUT2D eigenvalue weighted by Crippen LogP contribution is -2.70. The minimum Gasteiger partial charge on any atom is -0.309 e. The number of rotatable bonds is 6. The van der Waals surface area contributed by atoms with Gasteiger partial charge in [0, 0.05) is 28.5 Å². The number of hydrogen-bond donors (Lipinski definition) is 0. The van der Waals surface area contributed by atoms with E-state index in [-0.39, 0.29) is 5.54 Å². The van der Waals surface area contributed by atoms with E-state index in [1.54, 1.807) is 0 Å². The average Bonchev–Trinajstić information content (AvgIpc) is 3.46. The Morgan fingerprint density at radius 1 is 0.545 bits per heavy atom. The third-order valence-corrected chi connectivity index (χ3v) is 14.4. The summed E-state index contributed by atoms with van der Waals surface area (Å²) in [6, 6.07) is 59.8. The molecule has 3 heteroatoms. The highest BCUT2D eigenvalue weighted by Gasteiger charge is 2.47. The number of aliphatic imine (C=N–C) groups is 1. The Bertz CT molecular complexity index is 2090. The van der Waals surface area contributed by atoms with Gasteiger partial charge >= 0.3 is 0 Å². The lowest BCUT2D eigenvalue weighted by atomic mass is 10.1. The second kappa shape index (κ2) is 11.1. The number of aromatic nitrogens is 1. The van der Waals surface area contributed by atoms with E-state index >= 15 is 0 Å². The van der Waals surface area contributed by atoms with Crippen molar-refractivity contribution < 1.29 is 0 Å². The smallest absolute Gasteiger partial charge is 0.159 e. The van der Waals surface area contributed by atoms with Crippen LogP contribution in [0.1, 0.15) is 5.56 Å². The molecule has 7 aromatic rings. The van der Waals surface area contributed by atoms with Crippen molar-refractivity contribution in [3.8, 4) is 5.69 Å². The van der Waals surface area contributed by atoms with Gasteiger partial charge in [0.1, 0.15) is 0 Å². The number of dihydropyridines is 1. The van der Waals surface area contributed by atoms with Crippen LogP contribution in [0.2, 0.25) is 5.54 Å². The maximum absolute atomic E-state index is 5.28. The SMILES string of the molecule is C1=CC([Si](c2ccccc2)(c2ccccc2)c2cccc3c4ccccc4n(-c4ccccc4)c23)CN=C1c1ccccc1. The molecule has 2 heterocycles. The van der Waals surface area contributed by atoms with Gasteiger partial charge in [0.2, 0.25) is 0 Å². The van der Waals surface area contributed by atoms with E-state index in [0.29, 0.717) is 0 Å². The van der Waals surface area contributed by atoms with Gasteiger partial charge in [0.15, 0.2) is 8.07 Å². The quantitative estimate of drug-likeness (QED) is 0.142. The van der Waals surface area contributed by atoms with Crippen LogP contribution in [-0.2, 0) is 0 Å². The summed E-state index contributed by atoms with van der Waals surface area (Å²) in [6.07, 6.45) is 4.74. The summed E-state index contributed by atoms with van der Waals surface area (Å²) in [4.78, 5) is 5.28. The summed E-state index contributed by atoms with van der Waals surface area (Å²) < 4.78 is 2.50. The Morgan fingerprint density at radius 3 is 1.75 bits per heavy atom. The Labute approximate surface area is 259 Å². The summed E-state index contributed by atoms with van der Waals surface area (Å²) in [7, 11) is -2.76. The molecule has 0 fully saturated rings. The van der Waals surface area contributed by atoms with Crippen molar-refractivity contribution in [2.45, 2.75) is 5.54 Å². The molecule has 0 N–H and O–H groups in total. The maximum Gasteiger partial charge on any atom is 0.159 e. The number of allylic oxidation sites excluding steroid dienone is 1. The van der Waals surface area contributed by atoms with E-state index in [9.17, 15) is 0 Å². The molecule has 0 bridgehead atoms. The molecule has 0 saturated heterocycles. The molecule has 2 nitrogen and oxygen atoms in total. The molecule has 1 unspecified atom stereocenters. The van der Waals surface area contributed by atoms with Gasteiger partial charge in [-0.3, -0.25) is 4.99 Å². The van der Waals surface area contributed by atoms with Crippen LogP contribution >= 0.6 is 0 Å². The summed E-state index contributed by atoms with van der Waals surface area (Å²) in [5.41, 5.74) is 6.15. The minimum absolute atomic E-state index is 0.215. The van der Waals surface area contributed by atoms with E-state index in [1.165, 1.54) is 48.6 Å². The zero-order chi connectivity index (χ0) is 29.3. The first kappa shape index (κ1) is 26.4. The standard InChI is InChI=1S/C41H32N2Si/c1-5-16-31(17-6-1)38-29-28-35(30-42-38)44(33-20-9-3-10-21-33,34-22-11-4-12-23-34)40-27-15-25-37-36-24-13-14-26-39(36)43(41(37)40)32-18-7-2-8-19-32/h1-29,35H,30H2. The average molecular weight is 581 g/mol. The molecule has 44 heavy (non-hydrogen) atoms. The fourth-order valence-electron chi connectivity index (χ4n) is 7.28. The number of nitrogens with zero attached hydrogens (tertiary/aromatic N) is 2. The van der Waals surface area contributed by atoms with Gasteiger partial charge < -0.3 is 4.57 Å². The molecule has 6 aromatic carbocycles. The zero-order valence-corrected chi connectivity index (χ0v) is 25.4. The number of hydrogen-bond acceptors (Lipinski definition) is 1. The van der Waals surface area contributed by atoms with E-state index in [1.807, 2.05) is 0 Å². The van der Waals surface area contributed by atoms with Crippen molar-refractivity contribution in [1.82, 2.24) is 4.57 Å². The highest BCUT2D eigenvalue weighted by Crippen LogP contribution is 2.35. The van der Waals surface area contributed by atoms with Crippen molar-refractivity contribution in [1.29, 1.82) is 0 Å². The number of para-hydroxylation sites is 3. The van der Waals surface area contributed by atoms with Crippen molar-refractivity contribution in [2.24, 2.45) is 4.99 Å². The molecule has 210 valence electrons. The summed E-state index contributed by atoms with van der Waals surface area (Å²) in [6.45, 7) is 0.735. The monoisotopic (exact) mass is 580 g/mol. The normalized spacial score (nSPS) is 15.0. The van der Waals surface area contributed by atoms with Crippen LogP contribution in [0.5, 0.6) is 0 Å². The van der Waals surface area contributed by atoms with Gasteiger partial charge in [-0.2, -0.15) is 0 Å². The molecule has 1 atom stereocenters. The van der Waals surface area contributed by atoms with Crippen LogP contribution in [0.4, 0.5) is 0 Å². The van der Waals surface area contributed by atoms with Crippen molar-refractivity contribution >= 4 is 51.2 Å². The van der Waals surface area contributed by atoms with Gasteiger partial charge in [0.25, 0.3) is 0 Å². The molecule has 0 amide bonds.